The number of fused-ring (bicyclic) bond motifs is 2. The van der Waals surface area contributed by atoms with Crippen molar-refractivity contribution in [1.82, 2.24) is 10.6 Å². The van der Waals surface area contributed by atoms with Crippen LogP contribution in [0.15, 0.2) is 12.1 Å². The third-order valence-electron chi connectivity index (χ3n) is 3.48. The van der Waals surface area contributed by atoms with Crippen molar-refractivity contribution in [3.05, 3.63) is 32.8 Å². The number of amides is 3. The molecule has 8 nitrogen and oxygen atoms in total. The zero-order valence-corrected chi connectivity index (χ0v) is 10.8. The number of benzene rings is 1. The number of rotatable bonds is 1. The maximum atomic E-state index is 12.1. The number of imide groups is 1. The number of carbonyl (C=O) groups is 2. The number of urea groups is 1. The lowest BCUT2D eigenvalue weighted by Gasteiger charge is -2.33. The standard InChI is InChI=1S/C11H9ClN4O4/c12-5-3-6-8(7(4-5)16(19)20)13-2-1-11(6)9(17)14-10(18)15-11/h3-4,13H,1-2H2,(H2,14,15,17,18). The minimum absolute atomic E-state index is 0.132. The highest BCUT2D eigenvalue weighted by Gasteiger charge is 2.51. The Morgan fingerprint density at radius 2 is 2.10 bits per heavy atom. The van der Waals surface area contributed by atoms with E-state index >= 15 is 0 Å². The molecule has 1 saturated heterocycles. The predicted molar refractivity (Wildman–Crippen MR) is 69.6 cm³/mol. The van der Waals surface area contributed by atoms with Crippen molar-refractivity contribution in [1.29, 1.82) is 0 Å². The second-order valence-corrected chi connectivity index (χ2v) is 5.03. The Kier molecular flexibility index (Phi) is 2.58. The van der Waals surface area contributed by atoms with Crippen molar-refractivity contribution in [3.63, 3.8) is 0 Å². The average Bonchev–Trinajstić information content (AvgIpc) is 2.65. The van der Waals surface area contributed by atoms with Gasteiger partial charge in [-0.25, -0.2) is 4.79 Å². The van der Waals surface area contributed by atoms with E-state index in [0.717, 1.165) is 0 Å². The highest BCUT2D eigenvalue weighted by atomic mass is 35.5. The number of nitro groups is 1. The molecular formula is C11H9ClN4O4. The molecule has 0 saturated carbocycles. The van der Waals surface area contributed by atoms with Crippen LogP contribution in [0.5, 0.6) is 0 Å². The molecule has 9 heteroatoms. The summed E-state index contributed by atoms with van der Waals surface area (Å²) in [5.41, 5.74) is -0.998. The molecular weight excluding hydrogens is 288 g/mol. The lowest BCUT2D eigenvalue weighted by molar-refractivity contribution is -0.384. The number of nitrogens with zero attached hydrogens (tertiary/aromatic N) is 1. The molecule has 0 bridgehead atoms. The highest BCUT2D eigenvalue weighted by molar-refractivity contribution is 6.31. The molecule has 0 aromatic heterocycles. The number of nitrogens with one attached hydrogen (secondary N) is 3. The summed E-state index contributed by atoms with van der Waals surface area (Å²) in [7, 11) is 0. The smallest absolute Gasteiger partial charge is 0.322 e. The van der Waals surface area contributed by atoms with E-state index in [1.54, 1.807) is 0 Å². The summed E-state index contributed by atoms with van der Waals surface area (Å²) < 4.78 is 0. The molecule has 3 rings (SSSR count). The van der Waals surface area contributed by atoms with Gasteiger partial charge in [-0.1, -0.05) is 11.6 Å². The van der Waals surface area contributed by atoms with Gasteiger partial charge in [0.1, 0.15) is 5.69 Å². The van der Waals surface area contributed by atoms with Gasteiger partial charge < -0.3 is 10.6 Å². The van der Waals surface area contributed by atoms with Crippen molar-refractivity contribution in [2.45, 2.75) is 12.0 Å². The van der Waals surface area contributed by atoms with Crippen LogP contribution in [-0.2, 0) is 10.3 Å². The van der Waals surface area contributed by atoms with Crippen LogP contribution < -0.4 is 16.0 Å². The molecule has 1 aromatic carbocycles. The van der Waals surface area contributed by atoms with E-state index in [0.29, 0.717) is 12.1 Å². The van der Waals surface area contributed by atoms with Crippen molar-refractivity contribution in [2.75, 3.05) is 11.9 Å². The molecule has 1 unspecified atom stereocenters. The van der Waals surface area contributed by atoms with Crippen molar-refractivity contribution in [2.24, 2.45) is 0 Å². The fourth-order valence-electron chi connectivity index (χ4n) is 2.63. The van der Waals surface area contributed by atoms with Gasteiger partial charge in [-0.05, 0) is 6.07 Å². The molecule has 2 aliphatic rings. The molecule has 2 aliphatic heterocycles. The number of nitro benzene ring substituents is 1. The van der Waals surface area contributed by atoms with Gasteiger partial charge in [0.2, 0.25) is 0 Å². The Bertz CT molecular complexity index is 662. The second kappa shape index (κ2) is 4.07. The summed E-state index contributed by atoms with van der Waals surface area (Å²) >= 11 is 5.89. The lowest BCUT2D eigenvalue weighted by atomic mass is 9.82. The van der Waals surface area contributed by atoms with Crippen LogP contribution in [0.25, 0.3) is 0 Å². The van der Waals surface area contributed by atoms with E-state index in [-0.39, 0.29) is 22.8 Å². The van der Waals surface area contributed by atoms with E-state index < -0.39 is 22.4 Å². The minimum atomic E-state index is -1.30. The largest absolute Gasteiger partial charge is 0.379 e. The van der Waals surface area contributed by atoms with Gasteiger partial charge in [0.05, 0.1) is 4.92 Å². The molecule has 1 atom stereocenters. The number of hydrogen-bond acceptors (Lipinski definition) is 5. The van der Waals surface area contributed by atoms with Crippen LogP contribution in [0.2, 0.25) is 5.02 Å². The third-order valence-corrected chi connectivity index (χ3v) is 3.70. The predicted octanol–water partition coefficient (Wildman–Crippen LogP) is 1.10. The highest BCUT2D eigenvalue weighted by Crippen LogP contribution is 2.43. The normalized spacial score (nSPS) is 23.9. The van der Waals surface area contributed by atoms with Crippen LogP contribution in [0.1, 0.15) is 12.0 Å². The third kappa shape index (κ3) is 1.61. The van der Waals surface area contributed by atoms with Crippen LogP contribution >= 0.6 is 11.6 Å². The molecule has 20 heavy (non-hydrogen) atoms. The Balaban J connectivity index is 2.26. The summed E-state index contributed by atoms with van der Waals surface area (Å²) in [6.07, 6.45) is 0.287. The SMILES string of the molecule is O=C1NC(=O)C2(CCNc3c([N+](=O)[O-])cc(Cl)cc32)N1. The average molecular weight is 297 g/mol. The zero-order valence-electron chi connectivity index (χ0n) is 10.0. The first-order chi connectivity index (χ1) is 9.44. The number of anilines is 1. The zero-order chi connectivity index (χ0) is 14.5. The van der Waals surface area contributed by atoms with Crippen molar-refractivity contribution in [3.8, 4) is 0 Å². The van der Waals surface area contributed by atoms with E-state index in [9.17, 15) is 19.7 Å². The molecule has 1 fully saturated rings. The number of hydrogen-bond donors (Lipinski definition) is 3. The fourth-order valence-corrected chi connectivity index (χ4v) is 2.84. The van der Waals surface area contributed by atoms with Gasteiger partial charge in [0.15, 0.2) is 5.54 Å². The minimum Gasteiger partial charge on any atom is -0.379 e. The molecule has 1 spiro atoms. The van der Waals surface area contributed by atoms with Crippen LogP contribution in [0, 0.1) is 10.1 Å². The molecule has 0 aliphatic carbocycles. The van der Waals surface area contributed by atoms with Crippen LogP contribution in [0.4, 0.5) is 16.2 Å². The van der Waals surface area contributed by atoms with Gasteiger partial charge in [-0.15, -0.1) is 0 Å². The first kappa shape index (κ1) is 12.7. The van der Waals surface area contributed by atoms with Crippen molar-refractivity contribution < 1.29 is 14.5 Å². The summed E-state index contributed by atoms with van der Waals surface area (Å²) in [5, 5.41) is 18.8. The molecule has 1 aromatic rings. The fraction of sp³-hybridized carbons (Fsp3) is 0.273. The van der Waals surface area contributed by atoms with E-state index in [1.165, 1.54) is 12.1 Å². The van der Waals surface area contributed by atoms with Crippen LogP contribution in [0.3, 0.4) is 0 Å². The lowest BCUT2D eigenvalue weighted by Crippen LogP contribution is -2.48. The quantitative estimate of drug-likeness (QED) is 0.408. The van der Waals surface area contributed by atoms with Crippen molar-refractivity contribution >= 4 is 34.9 Å². The van der Waals surface area contributed by atoms with Gasteiger partial charge in [-0.3, -0.25) is 20.2 Å². The maximum Gasteiger partial charge on any atom is 0.322 e. The first-order valence-electron chi connectivity index (χ1n) is 5.80. The first-order valence-corrected chi connectivity index (χ1v) is 6.18. The van der Waals surface area contributed by atoms with Gasteiger partial charge in [0, 0.05) is 29.6 Å². The topological polar surface area (TPSA) is 113 Å². The van der Waals surface area contributed by atoms with E-state index in [2.05, 4.69) is 16.0 Å². The Morgan fingerprint density at radius 3 is 2.70 bits per heavy atom. The molecule has 104 valence electrons. The van der Waals surface area contributed by atoms with Crippen LogP contribution in [-0.4, -0.2) is 23.4 Å². The summed E-state index contributed by atoms with van der Waals surface area (Å²) in [6.45, 7) is 0.323. The molecule has 2 heterocycles. The summed E-state index contributed by atoms with van der Waals surface area (Å²) in [6, 6.07) is 2.05. The molecule has 0 radical (unpaired) electrons. The summed E-state index contributed by atoms with van der Waals surface area (Å²) in [5.74, 6) is -0.526. The van der Waals surface area contributed by atoms with Gasteiger partial charge in [0.25, 0.3) is 11.6 Å². The Hall–Kier alpha value is -2.35. The van der Waals surface area contributed by atoms with Gasteiger partial charge >= 0.3 is 6.03 Å². The van der Waals surface area contributed by atoms with Gasteiger partial charge in [-0.2, -0.15) is 0 Å². The maximum absolute atomic E-state index is 12.1. The molecule has 3 N–H and O–H groups in total. The number of halogens is 1. The Labute approximate surface area is 117 Å². The number of carbonyl (C=O) groups excluding carboxylic acids is 2. The monoisotopic (exact) mass is 296 g/mol. The second-order valence-electron chi connectivity index (χ2n) is 4.59. The molecule has 3 amide bonds. The Morgan fingerprint density at radius 1 is 1.35 bits per heavy atom. The van der Waals surface area contributed by atoms with E-state index in [1.807, 2.05) is 0 Å². The summed E-state index contributed by atoms with van der Waals surface area (Å²) in [4.78, 5) is 34.0. The van der Waals surface area contributed by atoms with E-state index in [4.69, 9.17) is 11.6 Å².